The van der Waals surface area contributed by atoms with Crippen molar-refractivity contribution in [1.82, 2.24) is 24.2 Å². The summed E-state index contributed by atoms with van der Waals surface area (Å²) in [5.74, 6) is 0. The molecule has 1 aliphatic rings. The fourth-order valence-corrected chi connectivity index (χ4v) is 3.24. The normalized spacial score (nSPS) is 15.3. The Morgan fingerprint density at radius 1 is 1.04 bits per heavy atom. The standard InChI is InChI=1S/C19H22N6O/c1-22-19(26)12-18(13-21-22)24-10-8-23(9-11-24)14-16-2-4-17(5-3-16)25-7-6-20-15-25/h2-7,12-13,15H,8-11,14H2,1H3. The minimum atomic E-state index is -0.0667. The van der Waals surface area contributed by atoms with Gasteiger partial charge in [0.25, 0.3) is 5.56 Å². The number of aryl methyl sites for hydroxylation is 1. The van der Waals surface area contributed by atoms with Gasteiger partial charge >= 0.3 is 0 Å². The molecule has 26 heavy (non-hydrogen) atoms. The molecule has 7 heteroatoms. The van der Waals surface area contributed by atoms with Gasteiger partial charge in [-0.15, -0.1) is 0 Å². The molecule has 1 aromatic carbocycles. The van der Waals surface area contributed by atoms with Gasteiger partial charge in [-0.2, -0.15) is 5.10 Å². The van der Waals surface area contributed by atoms with Crippen LogP contribution in [0.5, 0.6) is 0 Å². The van der Waals surface area contributed by atoms with Crippen molar-refractivity contribution in [2.45, 2.75) is 6.54 Å². The molecule has 7 nitrogen and oxygen atoms in total. The Kier molecular flexibility index (Phi) is 4.53. The maximum absolute atomic E-state index is 11.8. The Labute approximate surface area is 152 Å². The first-order chi connectivity index (χ1) is 12.7. The number of hydrogen-bond donors (Lipinski definition) is 0. The molecule has 2 aromatic heterocycles. The van der Waals surface area contributed by atoms with Crippen molar-refractivity contribution in [2.75, 3.05) is 31.1 Å². The minimum Gasteiger partial charge on any atom is -0.368 e. The van der Waals surface area contributed by atoms with Gasteiger partial charge in [0.1, 0.15) is 0 Å². The van der Waals surface area contributed by atoms with Gasteiger partial charge in [-0.1, -0.05) is 12.1 Å². The largest absolute Gasteiger partial charge is 0.368 e. The number of anilines is 1. The van der Waals surface area contributed by atoms with E-state index in [2.05, 4.69) is 44.1 Å². The molecule has 0 spiro atoms. The molecule has 0 unspecified atom stereocenters. The van der Waals surface area contributed by atoms with Gasteiger partial charge in [-0.05, 0) is 17.7 Å². The van der Waals surface area contributed by atoms with Gasteiger partial charge in [-0.3, -0.25) is 9.69 Å². The summed E-state index contributed by atoms with van der Waals surface area (Å²) in [6.07, 6.45) is 7.30. The third-order valence-electron chi connectivity index (χ3n) is 4.84. The van der Waals surface area contributed by atoms with E-state index in [9.17, 15) is 4.79 Å². The summed E-state index contributed by atoms with van der Waals surface area (Å²) >= 11 is 0. The number of aromatic nitrogens is 4. The van der Waals surface area contributed by atoms with Crippen molar-refractivity contribution in [1.29, 1.82) is 0 Å². The van der Waals surface area contributed by atoms with E-state index in [1.54, 1.807) is 31.8 Å². The maximum atomic E-state index is 11.8. The third-order valence-corrected chi connectivity index (χ3v) is 4.84. The smallest absolute Gasteiger partial charge is 0.268 e. The van der Waals surface area contributed by atoms with Crippen LogP contribution in [-0.2, 0) is 13.6 Å². The molecule has 0 aliphatic carbocycles. The van der Waals surface area contributed by atoms with Crippen molar-refractivity contribution in [3.05, 3.63) is 71.2 Å². The molecule has 0 radical (unpaired) electrons. The third kappa shape index (κ3) is 3.52. The van der Waals surface area contributed by atoms with E-state index >= 15 is 0 Å². The van der Waals surface area contributed by atoms with Crippen LogP contribution in [0, 0.1) is 0 Å². The average Bonchev–Trinajstić information content (AvgIpc) is 3.20. The lowest BCUT2D eigenvalue weighted by atomic mass is 10.1. The van der Waals surface area contributed by atoms with E-state index in [1.807, 2.05) is 10.8 Å². The lowest BCUT2D eigenvalue weighted by molar-refractivity contribution is 0.249. The molecule has 0 saturated carbocycles. The van der Waals surface area contributed by atoms with Crippen molar-refractivity contribution < 1.29 is 0 Å². The highest BCUT2D eigenvalue weighted by atomic mass is 16.1. The van der Waals surface area contributed by atoms with Crippen LogP contribution in [0.1, 0.15) is 5.56 Å². The molecule has 1 aliphatic heterocycles. The summed E-state index contributed by atoms with van der Waals surface area (Å²) in [5, 5.41) is 4.11. The van der Waals surface area contributed by atoms with Crippen molar-refractivity contribution in [2.24, 2.45) is 7.05 Å². The second kappa shape index (κ2) is 7.13. The Balaban J connectivity index is 1.35. The molecule has 0 atom stereocenters. The Morgan fingerprint density at radius 2 is 1.81 bits per heavy atom. The highest BCUT2D eigenvalue weighted by Gasteiger charge is 2.18. The van der Waals surface area contributed by atoms with Crippen LogP contribution in [0.3, 0.4) is 0 Å². The number of rotatable bonds is 4. The van der Waals surface area contributed by atoms with Crippen LogP contribution in [0.4, 0.5) is 5.69 Å². The zero-order chi connectivity index (χ0) is 17.9. The summed E-state index contributed by atoms with van der Waals surface area (Å²) in [7, 11) is 1.67. The van der Waals surface area contributed by atoms with Crippen molar-refractivity contribution >= 4 is 5.69 Å². The summed E-state index contributed by atoms with van der Waals surface area (Å²) < 4.78 is 3.36. The van der Waals surface area contributed by atoms with Gasteiger partial charge in [0.05, 0.1) is 18.2 Å². The quantitative estimate of drug-likeness (QED) is 0.710. The van der Waals surface area contributed by atoms with Crippen LogP contribution >= 0.6 is 0 Å². The van der Waals surface area contributed by atoms with E-state index in [1.165, 1.54) is 10.2 Å². The molecule has 0 bridgehead atoms. The SMILES string of the molecule is Cn1ncc(N2CCN(Cc3ccc(-n4ccnc4)cc3)CC2)cc1=O. The maximum Gasteiger partial charge on any atom is 0.268 e. The summed E-state index contributed by atoms with van der Waals surface area (Å²) in [6.45, 7) is 4.69. The number of benzene rings is 1. The molecular weight excluding hydrogens is 328 g/mol. The molecule has 134 valence electrons. The fraction of sp³-hybridized carbons (Fsp3) is 0.316. The van der Waals surface area contributed by atoms with Crippen LogP contribution < -0.4 is 10.5 Å². The van der Waals surface area contributed by atoms with Gasteiger partial charge in [0.15, 0.2) is 0 Å². The first kappa shape index (κ1) is 16.5. The first-order valence-electron chi connectivity index (χ1n) is 8.77. The molecule has 3 heterocycles. The molecule has 1 fully saturated rings. The summed E-state index contributed by atoms with van der Waals surface area (Å²) in [4.78, 5) is 20.5. The van der Waals surface area contributed by atoms with Crippen LogP contribution in [-0.4, -0.2) is 50.4 Å². The average molecular weight is 350 g/mol. The molecule has 0 N–H and O–H groups in total. The van der Waals surface area contributed by atoms with Gasteiger partial charge in [0, 0.05) is 63.9 Å². The Morgan fingerprint density at radius 3 is 2.46 bits per heavy atom. The molecule has 1 saturated heterocycles. The predicted molar refractivity (Wildman–Crippen MR) is 101 cm³/mol. The molecule has 0 amide bonds. The van der Waals surface area contributed by atoms with E-state index in [0.29, 0.717) is 0 Å². The fourth-order valence-electron chi connectivity index (χ4n) is 3.24. The van der Waals surface area contributed by atoms with Gasteiger partial charge < -0.3 is 9.47 Å². The topological polar surface area (TPSA) is 59.2 Å². The first-order valence-corrected chi connectivity index (χ1v) is 8.77. The zero-order valence-electron chi connectivity index (χ0n) is 14.8. The van der Waals surface area contributed by atoms with Crippen molar-refractivity contribution in [3.63, 3.8) is 0 Å². The van der Waals surface area contributed by atoms with Crippen LogP contribution in [0.2, 0.25) is 0 Å². The predicted octanol–water partition coefficient (Wildman–Crippen LogP) is 1.29. The van der Waals surface area contributed by atoms with E-state index in [-0.39, 0.29) is 5.56 Å². The van der Waals surface area contributed by atoms with E-state index in [4.69, 9.17) is 0 Å². The second-order valence-corrected chi connectivity index (χ2v) is 6.58. The number of imidazole rings is 1. The van der Waals surface area contributed by atoms with E-state index in [0.717, 1.165) is 44.1 Å². The minimum absolute atomic E-state index is 0.0667. The highest BCUT2D eigenvalue weighted by Crippen LogP contribution is 2.16. The lowest BCUT2D eigenvalue weighted by Crippen LogP contribution is -2.46. The molecular formula is C19H22N6O. The monoisotopic (exact) mass is 350 g/mol. The van der Waals surface area contributed by atoms with E-state index < -0.39 is 0 Å². The number of nitrogens with zero attached hydrogens (tertiary/aromatic N) is 6. The Bertz CT molecular complexity index is 908. The Hall–Kier alpha value is -2.93. The number of hydrogen-bond acceptors (Lipinski definition) is 5. The van der Waals surface area contributed by atoms with Crippen LogP contribution in [0.25, 0.3) is 5.69 Å². The number of piperazine rings is 1. The summed E-state index contributed by atoms with van der Waals surface area (Å²) in [5.41, 5.74) is 3.27. The molecule has 4 rings (SSSR count). The van der Waals surface area contributed by atoms with Crippen molar-refractivity contribution in [3.8, 4) is 5.69 Å². The lowest BCUT2D eigenvalue weighted by Gasteiger charge is -2.35. The zero-order valence-corrected chi connectivity index (χ0v) is 14.8. The highest BCUT2D eigenvalue weighted by molar-refractivity contribution is 5.43. The second-order valence-electron chi connectivity index (χ2n) is 6.58. The van der Waals surface area contributed by atoms with Crippen LogP contribution in [0.15, 0.2) is 60.0 Å². The van der Waals surface area contributed by atoms with Gasteiger partial charge in [0.2, 0.25) is 0 Å². The summed E-state index contributed by atoms with van der Waals surface area (Å²) in [6, 6.07) is 10.3. The van der Waals surface area contributed by atoms with Gasteiger partial charge in [-0.25, -0.2) is 9.67 Å². The molecule has 3 aromatic rings.